The summed E-state index contributed by atoms with van der Waals surface area (Å²) in [4.78, 5) is 0. The zero-order valence-electron chi connectivity index (χ0n) is 9.45. The van der Waals surface area contributed by atoms with E-state index in [0.717, 1.165) is 31.2 Å². The number of methoxy groups -OCH3 is 1. The van der Waals surface area contributed by atoms with E-state index in [4.69, 9.17) is 16.3 Å². The van der Waals surface area contributed by atoms with Gasteiger partial charge in [-0.15, -0.1) is 0 Å². The zero-order valence-corrected chi connectivity index (χ0v) is 10.2. The van der Waals surface area contributed by atoms with Gasteiger partial charge < -0.3 is 9.84 Å². The van der Waals surface area contributed by atoms with Crippen LogP contribution in [0.15, 0.2) is 24.3 Å². The van der Waals surface area contributed by atoms with Crippen molar-refractivity contribution < 1.29 is 9.84 Å². The number of ether oxygens (including phenoxy) is 1. The van der Waals surface area contributed by atoms with Gasteiger partial charge in [0, 0.05) is 17.7 Å². The van der Waals surface area contributed by atoms with Crippen LogP contribution in [0.2, 0.25) is 5.02 Å². The number of aliphatic hydroxyl groups is 1. The van der Waals surface area contributed by atoms with Crippen LogP contribution in [0.4, 0.5) is 0 Å². The number of hydrogen-bond donors (Lipinski definition) is 1. The van der Waals surface area contributed by atoms with E-state index in [1.807, 2.05) is 24.3 Å². The van der Waals surface area contributed by atoms with Gasteiger partial charge in [0.1, 0.15) is 5.60 Å². The van der Waals surface area contributed by atoms with Gasteiger partial charge in [0.25, 0.3) is 0 Å². The topological polar surface area (TPSA) is 29.5 Å². The molecule has 1 fully saturated rings. The molecule has 0 spiro atoms. The predicted molar refractivity (Wildman–Crippen MR) is 64.6 cm³/mol. The number of hydrogen-bond acceptors (Lipinski definition) is 2. The molecule has 0 heterocycles. The lowest BCUT2D eigenvalue weighted by Gasteiger charge is -2.39. The highest BCUT2D eigenvalue weighted by Gasteiger charge is 2.41. The first-order valence-electron chi connectivity index (χ1n) is 5.68. The normalized spacial score (nSPS) is 30.3. The summed E-state index contributed by atoms with van der Waals surface area (Å²) in [6.45, 7) is 0. The summed E-state index contributed by atoms with van der Waals surface area (Å²) in [7, 11) is 1.65. The Morgan fingerprint density at radius 3 is 2.81 bits per heavy atom. The Hall–Kier alpha value is -0.570. The van der Waals surface area contributed by atoms with Crippen molar-refractivity contribution in [2.75, 3.05) is 7.11 Å². The molecule has 0 aromatic heterocycles. The minimum absolute atomic E-state index is 0.152. The van der Waals surface area contributed by atoms with Crippen molar-refractivity contribution >= 4 is 11.6 Å². The average Bonchev–Trinajstić information content (AvgIpc) is 2.30. The maximum atomic E-state index is 10.8. The summed E-state index contributed by atoms with van der Waals surface area (Å²) < 4.78 is 5.41. The van der Waals surface area contributed by atoms with Gasteiger partial charge in [0.15, 0.2) is 0 Å². The van der Waals surface area contributed by atoms with Gasteiger partial charge in [-0.2, -0.15) is 0 Å². The van der Waals surface area contributed by atoms with Gasteiger partial charge in [-0.3, -0.25) is 0 Å². The molecule has 1 aliphatic rings. The molecule has 0 radical (unpaired) electrons. The molecule has 2 rings (SSSR count). The molecule has 1 aromatic carbocycles. The molecule has 0 amide bonds. The second-order valence-electron chi connectivity index (χ2n) is 4.37. The quantitative estimate of drug-likeness (QED) is 0.861. The Kier molecular flexibility index (Phi) is 3.53. The Balaban J connectivity index is 2.39. The first-order valence-corrected chi connectivity index (χ1v) is 6.06. The molecule has 1 aromatic rings. The molecular formula is C13H17ClO2. The molecule has 1 N–H and O–H groups in total. The fraction of sp³-hybridized carbons (Fsp3) is 0.538. The van der Waals surface area contributed by atoms with Crippen molar-refractivity contribution in [2.45, 2.75) is 37.4 Å². The van der Waals surface area contributed by atoms with Gasteiger partial charge in [0.05, 0.1) is 6.10 Å². The Morgan fingerprint density at radius 2 is 2.12 bits per heavy atom. The van der Waals surface area contributed by atoms with E-state index in [-0.39, 0.29) is 6.10 Å². The summed E-state index contributed by atoms with van der Waals surface area (Å²) in [6.07, 6.45) is 3.57. The van der Waals surface area contributed by atoms with Gasteiger partial charge in [-0.25, -0.2) is 0 Å². The average molecular weight is 241 g/mol. The zero-order chi connectivity index (χ0) is 11.6. The maximum absolute atomic E-state index is 10.8. The standard InChI is InChI=1S/C13H17ClO2/c1-16-12-8-4-5-9-13(12,15)10-6-2-3-7-11(10)14/h2-3,6-7,12,15H,4-5,8-9H2,1H3. The predicted octanol–water partition coefficient (Wildman–Crippen LogP) is 3.12. The van der Waals surface area contributed by atoms with E-state index in [1.165, 1.54) is 0 Å². The number of halogens is 1. The van der Waals surface area contributed by atoms with Crippen molar-refractivity contribution in [1.82, 2.24) is 0 Å². The summed E-state index contributed by atoms with van der Waals surface area (Å²) in [5.41, 5.74) is -0.131. The Morgan fingerprint density at radius 1 is 1.38 bits per heavy atom. The van der Waals surface area contributed by atoms with Crippen molar-refractivity contribution in [3.8, 4) is 0 Å². The highest BCUT2D eigenvalue weighted by atomic mass is 35.5. The molecule has 3 heteroatoms. The Bertz CT molecular complexity index is 367. The van der Waals surface area contributed by atoms with E-state index < -0.39 is 5.60 Å². The van der Waals surface area contributed by atoms with Crippen molar-refractivity contribution in [1.29, 1.82) is 0 Å². The van der Waals surface area contributed by atoms with Gasteiger partial charge in [0.2, 0.25) is 0 Å². The van der Waals surface area contributed by atoms with Gasteiger partial charge in [-0.1, -0.05) is 42.6 Å². The monoisotopic (exact) mass is 240 g/mol. The van der Waals surface area contributed by atoms with E-state index in [1.54, 1.807) is 7.11 Å². The highest BCUT2D eigenvalue weighted by Crippen LogP contribution is 2.41. The lowest BCUT2D eigenvalue weighted by molar-refractivity contribution is -0.122. The van der Waals surface area contributed by atoms with Gasteiger partial charge >= 0.3 is 0 Å². The smallest absolute Gasteiger partial charge is 0.117 e. The molecule has 1 saturated carbocycles. The molecule has 2 unspecified atom stereocenters. The third kappa shape index (κ3) is 1.97. The van der Waals surface area contributed by atoms with Crippen LogP contribution >= 0.6 is 11.6 Å². The number of rotatable bonds is 2. The molecule has 0 aliphatic heterocycles. The molecule has 0 saturated heterocycles. The van der Waals surface area contributed by atoms with E-state index in [9.17, 15) is 5.11 Å². The van der Waals surface area contributed by atoms with Gasteiger partial charge in [-0.05, 0) is 18.9 Å². The van der Waals surface area contributed by atoms with Crippen LogP contribution in [-0.2, 0) is 10.3 Å². The fourth-order valence-electron chi connectivity index (χ4n) is 2.56. The first kappa shape index (κ1) is 11.9. The summed E-state index contributed by atoms with van der Waals surface area (Å²) >= 11 is 6.15. The first-order chi connectivity index (χ1) is 7.68. The van der Waals surface area contributed by atoms with Crippen LogP contribution in [-0.4, -0.2) is 18.3 Å². The summed E-state index contributed by atoms with van der Waals surface area (Å²) in [5.74, 6) is 0. The number of benzene rings is 1. The van der Waals surface area contributed by atoms with Crippen LogP contribution in [0, 0.1) is 0 Å². The van der Waals surface area contributed by atoms with Crippen LogP contribution in [0.3, 0.4) is 0 Å². The van der Waals surface area contributed by atoms with E-state index in [2.05, 4.69) is 0 Å². The second-order valence-corrected chi connectivity index (χ2v) is 4.78. The third-order valence-corrected chi connectivity index (χ3v) is 3.76. The third-order valence-electron chi connectivity index (χ3n) is 3.43. The van der Waals surface area contributed by atoms with Crippen LogP contribution in [0.5, 0.6) is 0 Å². The molecular weight excluding hydrogens is 224 g/mol. The molecule has 88 valence electrons. The second kappa shape index (κ2) is 4.74. The summed E-state index contributed by atoms with van der Waals surface area (Å²) in [6, 6.07) is 7.48. The lowest BCUT2D eigenvalue weighted by atomic mass is 9.77. The van der Waals surface area contributed by atoms with Crippen LogP contribution in [0.25, 0.3) is 0 Å². The highest BCUT2D eigenvalue weighted by molar-refractivity contribution is 6.31. The van der Waals surface area contributed by atoms with Crippen LogP contribution < -0.4 is 0 Å². The lowest BCUT2D eigenvalue weighted by Crippen LogP contribution is -2.43. The minimum Gasteiger partial charge on any atom is -0.382 e. The van der Waals surface area contributed by atoms with Crippen molar-refractivity contribution in [3.05, 3.63) is 34.9 Å². The molecule has 2 nitrogen and oxygen atoms in total. The minimum atomic E-state index is -0.925. The van der Waals surface area contributed by atoms with Crippen molar-refractivity contribution in [3.63, 3.8) is 0 Å². The van der Waals surface area contributed by atoms with E-state index >= 15 is 0 Å². The molecule has 0 bridgehead atoms. The largest absolute Gasteiger partial charge is 0.382 e. The Labute approximate surface area is 101 Å². The van der Waals surface area contributed by atoms with Crippen molar-refractivity contribution in [2.24, 2.45) is 0 Å². The molecule has 1 aliphatic carbocycles. The maximum Gasteiger partial charge on any atom is 0.117 e. The molecule has 16 heavy (non-hydrogen) atoms. The SMILES string of the molecule is COC1CCCCC1(O)c1ccccc1Cl. The summed E-state index contributed by atoms with van der Waals surface area (Å²) in [5, 5.41) is 11.4. The molecule has 2 atom stereocenters. The fourth-order valence-corrected chi connectivity index (χ4v) is 2.86. The van der Waals surface area contributed by atoms with Crippen LogP contribution in [0.1, 0.15) is 31.2 Å². The van der Waals surface area contributed by atoms with E-state index in [0.29, 0.717) is 5.02 Å².